The van der Waals surface area contributed by atoms with Crippen molar-refractivity contribution in [1.82, 2.24) is 10.3 Å². The van der Waals surface area contributed by atoms with Crippen molar-refractivity contribution < 1.29 is 9.55 Å². The van der Waals surface area contributed by atoms with Gasteiger partial charge in [0.05, 0.1) is 10.6 Å². The van der Waals surface area contributed by atoms with Crippen molar-refractivity contribution >= 4 is 28.6 Å². The van der Waals surface area contributed by atoms with Crippen LogP contribution in [0.25, 0.3) is 11.0 Å². The van der Waals surface area contributed by atoms with E-state index >= 15 is 0 Å². The van der Waals surface area contributed by atoms with E-state index in [9.17, 15) is 10.1 Å². The van der Waals surface area contributed by atoms with E-state index in [4.69, 9.17) is 6.42 Å². The predicted molar refractivity (Wildman–Crippen MR) is 82.7 cm³/mol. The molecule has 0 saturated carbocycles. The number of unbranched alkanes of at least 4 members (excludes halogenated alkanes) is 3. The third-order valence-corrected chi connectivity index (χ3v) is 3.08. The second-order valence-corrected chi connectivity index (χ2v) is 4.59. The Morgan fingerprint density at radius 1 is 1.45 bits per heavy atom. The highest BCUT2D eigenvalue weighted by Crippen LogP contribution is 2.30. The number of anilines is 1. The fraction of sp³-hybridized carbons (Fsp3) is 0.357. The number of hydrogen-bond donors (Lipinski definition) is 0. The smallest absolute Gasteiger partial charge is 0.267 e. The van der Waals surface area contributed by atoms with E-state index in [0.717, 1.165) is 25.7 Å². The molecule has 0 spiro atoms. The van der Waals surface area contributed by atoms with Crippen LogP contribution in [0.5, 0.6) is 0 Å². The standard InChI is InChI=1S/C14H15N5O3/c1-3-4-5-6-7-10-15-18(2)11-8-9-12(19(20)21)14-13(11)16-22-17-14/h1,8-10H,4-7H2,2H3/b15-10+. The summed E-state index contributed by atoms with van der Waals surface area (Å²) in [5.41, 5.74) is 0.855. The number of fused-ring (bicyclic) bond motifs is 1. The van der Waals surface area contributed by atoms with Crippen molar-refractivity contribution in [1.29, 1.82) is 0 Å². The lowest BCUT2D eigenvalue weighted by Gasteiger charge is -2.12. The van der Waals surface area contributed by atoms with E-state index in [2.05, 4.69) is 26.0 Å². The van der Waals surface area contributed by atoms with Gasteiger partial charge >= 0.3 is 5.69 Å². The average molecular weight is 301 g/mol. The number of terminal acetylenes is 1. The van der Waals surface area contributed by atoms with Gasteiger partial charge < -0.3 is 0 Å². The molecule has 0 saturated heterocycles. The highest BCUT2D eigenvalue weighted by Gasteiger charge is 2.20. The van der Waals surface area contributed by atoms with Crippen molar-refractivity contribution in [2.75, 3.05) is 12.1 Å². The second kappa shape index (κ2) is 7.17. The molecule has 1 heterocycles. The van der Waals surface area contributed by atoms with E-state index in [1.54, 1.807) is 24.3 Å². The van der Waals surface area contributed by atoms with Crippen molar-refractivity contribution in [3.05, 3.63) is 22.2 Å². The van der Waals surface area contributed by atoms with E-state index in [-0.39, 0.29) is 11.2 Å². The first-order valence-electron chi connectivity index (χ1n) is 6.74. The third kappa shape index (κ3) is 3.38. The van der Waals surface area contributed by atoms with Crippen LogP contribution in [0.3, 0.4) is 0 Å². The number of nitro benzene ring substituents is 1. The number of rotatable bonds is 7. The number of nitro groups is 1. The first-order chi connectivity index (χ1) is 10.6. The highest BCUT2D eigenvalue weighted by atomic mass is 16.6. The minimum Gasteiger partial charge on any atom is -0.267 e. The van der Waals surface area contributed by atoms with E-state index < -0.39 is 4.92 Å². The summed E-state index contributed by atoms with van der Waals surface area (Å²) in [6.07, 6.45) is 10.4. The van der Waals surface area contributed by atoms with E-state index in [1.807, 2.05) is 0 Å². The van der Waals surface area contributed by atoms with Crippen molar-refractivity contribution in [3.63, 3.8) is 0 Å². The van der Waals surface area contributed by atoms with Gasteiger partial charge in [0, 0.05) is 25.7 Å². The van der Waals surface area contributed by atoms with Gasteiger partial charge in [0.15, 0.2) is 5.52 Å². The number of hydrogen-bond acceptors (Lipinski definition) is 7. The van der Waals surface area contributed by atoms with Gasteiger partial charge in [-0.15, -0.1) is 12.3 Å². The average Bonchev–Trinajstić information content (AvgIpc) is 2.98. The minimum atomic E-state index is -0.523. The maximum absolute atomic E-state index is 10.9. The Morgan fingerprint density at radius 2 is 2.23 bits per heavy atom. The lowest BCUT2D eigenvalue weighted by atomic mass is 10.2. The first-order valence-corrected chi connectivity index (χ1v) is 6.74. The Kier molecular flexibility index (Phi) is 5.03. The molecule has 2 aromatic rings. The van der Waals surface area contributed by atoms with Crippen LogP contribution < -0.4 is 5.01 Å². The van der Waals surface area contributed by atoms with Crippen LogP contribution in [0.2, 0.25) is 0 Å². The molecule has 0 unspecified atom stereocenters. The monoisotopic (exact) mass is 301 g/mol. The van der Waals surface area contributed by atoms with Crippen LogP contribution in [-0.4, -0.2) is 28.5 Å². The largest absolute Gasteiger partial charge is 0.300 e. The van der Waals surface area contributed by atoms with Crippen molar-refractivity contribution in [3.8, 4) is 12.3 Å². The van der Waals surface area contributed by atoms with Gasteiger partial charge in [-0.2, -0.15) is 5.10 Å². The molecule has 0 radical (unpaired) electrons. The molecule has 114 valence electrons. The lowest BCUT2D eigenvalue weighted by Crippen LogP contribution is -2.09. The quantitative estimate of drug-likeness (QED) is 0.256. The first kappa shape index (κ1) is 15.4. The summed E-state index contributed by atoms with van der Waals surface area (Å²) in [6, 6.07) is 2.93. The normalized spacial score (nSPS) is 10.9. The second-order valence-electron chi connectivity index (χ2n) is 4.59. The number of non-ortho nitro benzene ring substituents is 1. The molecule has 0 fully saturated rings. The lowest BCUT2D eigenvalue weighted by molar-refractivity contribution is -0.383. The fourth-order valence-corrected chi connectivity index (χ4v) is 1.95. The maximum Gasteiger partial charge on any atom is 0.300 e. The van der Waals surface area contributed by atoms with Gasteiger partial charge in [-0.25, -0.2) is 4.63 Å². The van der Waals surface area contributed by atoms with Crippen molar-refractivity contribution in [2.24, 2.45) is 5.10 Å². The molecule has 0 bridgehead atoms. The van der Waals surface area contributed by atoms with E-state index in [1.165, 1.54) is 6.07 Å². The number of benzene rings is 1. The molecular formula is C14H15N5O3. The van der Waals surface area contributed by atoms with Crippen LogP contribution in [0.15, 0.2) is 21.9 Å². The summed E-state index contributed by atoms with van der Waals surface area (Å²) in [5, 5.41) is 24.1. The Bertz CT molecular complexity index is 732. The number of hydrazone groups is 1. The Hall–Kier alpha value is -2.95. The van der Waals surface area contributed by atoms with E-state index in [0.29, 0.717) is 11.2 Å². The zero-order chi connectivity index (χ0) is 15.9. The molecule has 0 N–H and O–H groups in total. The molecule has 8 heteroatoms. The summed E-state index contributed by atoms with van der Waals surface area (Å²) in [4.78, 5) is 10.4. The predicted octanol–water partition coefficient (Wildman–Crippen LogP) is 2.75. The fourth-order valence-electron chi connectivity index (χ4n) is 1.95. The number of nitrogens with zero attached hydrogens (tertiary/aromatic N) is 5. The zero-order valence-electron chi connectivity index (χ0n) is 12.1. The third-order valence-electron chi connectivity index (χ3n) is 3.08. The Morgan fingerprint density at radius 3 is 2.95 bits per heavy atom. The van der Waals surface area contributed by atoms with Crippen molar-refractivity contribution in [2.45, 2.75) is 25.7 Å². The molecule has 0 aliphatic carbocycles. The molecular weight excluding hydrogens is 286 g/mol. The Balaban J connectivity index is 2.12. The zero-order valence-corrected chi connectivity index (χ0v) is 12.1. The van der Waals surface area contributed by atoms with Gasteiger partial charge in [-0.1, -0.05) is 0 Å². The van der Waals surface area contributed by atoms with Crippen LogP contribution in [0.4, 0.5) is 11.4 Å². The van der Waals surface area contributed by atoms with Gasteiger partial charge in [0.25, 0.3) is 0 Å². The molecule has 0 aliphatic rings. The molecule has 0 aliphatic heterocycles. The Labute approximate surface area is 126 Å². The molecule has 0 atom stereocenters. The topological polar surface area (TPSA) is 97.7 Å². The van der Waals surface area contributed by atoms with Gasteiger partial charge in [0.2, 0.25) is 5.52 Å². The molecule has 1 aromatic carbocycles. The summed E-state index contributed by atoms with van der Waals surface area (Å²) in [5.74, 6) is 2.59. The minimum absolute atomic E-state index is 0.110. The summed E-state index contributed by atoms with van der Waals surface area (Å²) in [6.45, 7) is 0. The summed E-state index contributed by atoms with van der Waals surface area (Å²) < 4.78 is 4.61. The van der Waals surface area contributed by atoms with Crippen LogP contribution >= 0.6 is 0 Å². The molecule has 0 amide bonds. The molecule has 2 rings (SSSR count). The SMILES string of the molecule is C#CCCCC/C=N/N(C)c1ccc([N+](=O)[O-])c2nonc12. The summed E-state index contributed by atoms with van der Waals surface area (Å²) in [7, 11) is 1.73. The molecule has 1 aromatic heterocycles. The maximum atomic E-state index is 10.9. The summed E-state index contributed by atoms with van der Waals surface area (Å²) >= 11 is 0. The van der Waals surface area contributed by atoms with Crippen LogP contribution in [-0.2, 0) is 0 Å². The van der Waals surface area contributed by atoms with Gasteiger partial charge in [0.1, 0.15) is 0 Å². The highest BCUT2D eigenvalue weighted by molar-refractivity contribution is 5.93. The van der Waals surface area contributed by atoms with Gasteiger partial charge in [-0.05, 0) is 35.6 Å². The van der Waals surface area contributed by atoms with Crippen LogP contribution in [0, 0.1) is 22.5 Å². The van der Waals surface area contributed by atoms with Crippen LogP contribution in [0.1, 0.15) is 25.7 Å². The van der Waals surface area contributed by atoms with Gasteiger partial charge in [-0.3, -0.25) is 15.1 Å². The number of aromatic nitrogens is 2. The molecule has 22 heavy (non-hydrogen) atoms. The molecule has 8 nitrogen and oxygen atoms in total.